The van der Waals surface area contributed by atoms with Gasteiger partial charge in [-0.1, -0.05) is 24.3 Å². The molecule has 7 heteroatoms. The largest absolute Gasteiger partial charge is 0.356 e. The Hall–Kier alpha value is -2.41. The Morgan fingerprint density at radius 3 is 2.48 bits per heavy atom. The van der Waals surface area contributed by atoms with Gasteiger partial charge >= 0.3 is 0 Å². The van der Waals surface area contributed by atoms with Gasteiger partial charge < -0.3 is 20.0 Å². The summed E-state index contributed by atoms with van der Waals surface area (Å²) in [6.45, 7) is 6.33. The Morgan fingerprint density at radius 2 is 1.83 bits per heavy atom. The number of fused-ring (bicyclic) bond motifs is 1. The lowest BCUT2D eigenvalue weighted by molar-refractivity contribution is -0.134. The SMILES string of the molecule is CC(=O)NCCC(=O)N1C[C@@H]2CN(C(=O)CN(C)C)[C@@H](c3ccccc3C)[C@@H]2C1. The topological polar surface area (TPSA) is 73.0 Å². The van der Waals surface area contributed by atoms with Gasteiger partial charge in [-0.15, -0.1) is 0 Å². The van der Waals surface area contributed by atoms with Gasteiger partial charge in [-0.2, -0.15) is 0 Å². The van der Waals surface area contributed by atoms with Gasteiger partial charge in [-0.05, 0) is 32.1 Å². The number of hydrogen-bond acceptors (Lipinski definition) is 4. The molecule has 1 N–H and O–H groups in total. The predicted octanol–water partition coefficient (Wildman–Crippen LogP) is 1.04. The third kappa shape index (κ3) is 4.78. The molecule has 0 radical (unpaired) electrons. The maximum Gasteiger partial charge on any atom is 0.237 e. The van der Waals surface area contributed by atoms with Crippen LogP contribution in [0.25, 0.3) is 0 Å². The fourth-order valence-corrected chi connectivity index (χ4v) is 4.69. The van der Waals surface area contributed by atoms with E-state index in [1.54, 1.807) is 0 Å². The molecule has 3 amide bonds. The molecule has 0 aromatic heterocycles. The first-order valence-corrected chi connectivity index (χ1v) is 10.3. The van der Waals surface area contributed by atoms with E-state index >= 15 is 0 Å². The van der Waals surface area contributed by atoms with Crippen LogP contribution in [0.4, 0.5) is 0 Å². The zero-order valence-electron chi connectivity index (χ0n) is 17.9. The molecule has 1 aromatic carbocycles. The van der Waals surface area contributed by atoms with Crippen molar-refractivity contribution in [2.24, 2.45) is 11.8 Å². The molecular formula is C22H32N4O3. The monoisotopic (exact) mass is 400 g/mol. The molecule has 0 saturated carbocycles. The minimum atomic E-state index is -0.120. The van der Waals surface area contributed by atoms with Gasteiger partial charge in [0, 0.05) is 51.4 Å². The second kappa shape index (κ2) is 8.95. The summed E-state index contributed by atoms with van der Waals surface area (Å²) < 4.78 is 0. The van der Waals surface area contributed by atoms with Crippen LogP contribution in [0.5, 0.6) is 0 Å². The predicted molar refractivity (Wildman–Crippen MR) is 111 cm³/mol. The van der Waals surface area contributed by atoms with E-state index in [1.165, 1.54) is 18.1 Å². The van der Waals surface area contributed by atoms with Crippen LogP contribution >= 0.6 is 0 Å². The van der Waals surface area contributed by atoms with E-state index in [4.69, 9.17) is 0 Å². The molecule has 1 aromatic rings. The van der Waals surface area contributed by atoms with Crippen molar-refractivity contribution in [2.45, 2.75) is 26.3 Å². The van der Waals surface area contributed by atoms with Gasteiger partial charge in [0.05, 0.1) is 12.6 Å². The zero-order chi connectivity index (χ0) is 21.1. The number of amides is 3. The number of likely N-dealkylation sites (tertiary alicyclic amines) is 2. The first kappa shape index (κ1) is 21.3. The highest BCUT2D eigenvalue weighted by molar-refractivity contribution is 5.80. The molecular weight excluding hydrogens is 368 g/mol. The van der Waals surface area contributed by atoms with Crippen LogP contribution in [0.15, 0.2) is 24.3 Å². The normalized spacial score (nSPS) is 23.4. The minimum Gasteiger partial charge on any atom is -0.356 e. The van der Waals surface area contributed by atoms with Crippen molar-refractivity contribution >= 4 is 17.7 Å². The number of likely N-dealkylation sites (N-methyl/N-ethyl adjacent to an activating group) is 1. The number of benzene rings is 1. The Morgan fingerprint density at radius 1 is 1.10 bits per heavy atom. The molecule has 0 unspecified atom stereocenters. The van der Waals surface area contributed by atoms with Crippen molar-refractivity contribution < 1.29 is 14.4 Å². The van der Waals surface area contributed by atoms with Crippen molar-refractivity contribution in [1.82, 2.24) is 20.0 Å². The molecule has 0 aliphatic carbocycles. The molecule has 29 heavy (non-hydrogen) atoms. The number of nitrogens with one attached hydrogen (secondary N) is 1. The highest BCUT2D eigenvalue weighted by Gasteiger charge is 2.50. The molecule has 2 aliphatic rings. The van der Waals surface area contributed by atoms with Crippen molar-refractivity contribution in [1.29, 1.82) is 0 Å². The molecule has 2 fully saturated rings. The number of hydrogen-bond donors (Lipinski definition) is 1. The molecule has 2 saturated heterocycles. The maximum absolute atomic E-state index is 13.0. The average Bonchev–Trinajstić information content (AvgIpc) is 3.19. The number of rotatable bonds is 6. The lowest BCUT2D eigenvalue weighted by Crippen LogP contribution is -2.41. The average molecular weight is 401 g/mol. The summed E-state index contributed by atoms with van der Waals surface area (Å²) in [7, 11) is 3.82. The summed E-state index contributed by atoms with van der Waals surface area (Å²) in [4.78, 5) is 42.5. The highest BCUT2D eigenvalue weighted by atomic mass is 16.2. The van der Waals surface area contributed by atoms with E-state index in [0.29, 0.717) is 39.1 Å². The fourth-order valence-electron chi connectivity index (χ4n) is 4.69. The zero-order valence-corrected chi connectivity index (χ0v) is 17.9. The smallest absolute Gasteiger partial charge is 0.237 e. The quantitative estimate of drug-likeness (QED) is 0.775. The molecule has 3 atom stereocenters. The molecule has 3 rings (SSSR count). The fraction of sp³-hybridized carbons (Fsp3) is 0.591. The lowest BCUT2D eigenvalue weighted by Gasteiger charge is -2.31. The first-order chi connectivity index (χ1) is 13.8. The molecule has 7 nitrogen and oxygen atoms in total. The Bertz CT molecular complexity index is 779. The molecule has 158 valence electrons. The second-order valence-corrected chi connectivity index (χ2v) is 8.54. The van der Waals surface area contributed by atoms with Gasteiger partial charge in [0.25, 0.3) is 0 Å². The standard InChI is InChI=1S/C22H32N4O3/c1-15-7-5-6-8-18(15)22-19-13-25(20(28)9-10-23-16(2)27)11-17(19)12-26(22)21(29)14-24(3)4/h5-8,17,19,22H,9-14H2,1-4H3,(H,23,27)/t17-,19-,22+/m1/s1. The Balaban J connectivity index is 1.77. The van der Waals surface area contributed by atoms with Crippen LogP contribution in [0.1, 0.15) is 30.5 Å². The van der Waals surface area contributed by atoms with Gasteiger partial charge in [-0.3, -0.25) is 14.4 Å². The van der Waals surface area contributed by atoms with Crippen LogP contribution < -0.4 is 5.32 Å². The summed E-state index contributed by atoms with van der Waals surface area (Å²) in [5.74, 6) is 0.622. The van der Waals surface area contributed by atoms with Crippen molar-refractivity contribution in [2.75, 3.05) is 46.8 Å². The van der Waals surface area contributed by atoms with Crippen LogP contribution in [0.3, 0.4) is 0 Å². The van der Waals surface area contributed by atoms with Crippen LogP contribution in [-0.2, 0) is 14.4 Å². The summed E-state index contributed by atoms with van der Waals surface area (Å²) >= 11 is 0. The Kier molecular flexibility index (Phi) is 6.57. The summed E-state index contributed by atoms with van der Waals surface area (Å²) in [6.07, 6.45) is 0.317. The maximum atomic E-state index is 13.0. The first-order valence-electron chi connectivity index (χ1n) is 10.3. The second-order valence-electron chi connectivity index (χ2n) is 8.54. The van der Waals surface area contributed by atoms with Crippen molar-refractivity contribution in [3.05, 3.63) is 35.4 Å². The molecule has 0 spiro atoms. The Labute approximate surface area is 173 Å². The molecule has 2 aliphatic heterocycles. The summed E-state index contributed by atoms with van der Waals surface area (Å²) in [5.41, 5.74) is 2.36. The summed E-state index contributed by atoms with van der Waals surface area (Å²) in [6, 6.07) is 8.24. The van der Waals surface area contributed by atoms with Gasteiger partial charge in [-0.25, -0.2) is 0 Å². The van der Waals surface area contributed by atoms with Crippen LogP contribution in [0, 0.1) is 18.8 Å². The number of nitrogens with zero attached hydrogens (tertiary/aromatic N) is 3. The lowest BCUT2D eigenvalue weighted by atomic mass is 9.87. The van der Waals surface area contributed by atoms with E-state index in [1.807, 2.05) is 40.9 Å². The number of aryl methyl sites for hydroxylation is 1. The van der Waals surface area contributed by atoms with Gasteiger partial charge in [0.1, 0.15) is 0 Å². The summed E-state index contributed by atoms with van der Waals surface area (Å²) in [5, 5.41) is 2.69. The van der Waals surface area contributed by atoms with E-state index in [2.05, 4.69) is 24.4 Å². The third-order valence-electron chi connectivity index (χ3n) is 6.01. The van der Waals surface area contributed by atoms with Gasteiger partial charge in [0.15, 0.2) is 0 Å². The van der Waals surface area contributed by atoms with E-state index in [0.717, 1.165) is 0 Å². The number of carbonyl (C=O) groups excluding carboxylic acids is 3. The molecule has 0 bridgehead atoms. The highest BCUT2D eigenvalue weighted by Crippen LogP contribution is 2.45. The molecule has 2 heterocycles. The minimum absolute atomic E-state index is 0.00166. The van der Waals surface area contributed by atoms with Crippen molar-refractivity contribution in [3.63, 3.8) is 0 Å². The van der Waals surface area contributed by atoms with Crippen LogP contribution in [-0.4, -0.2) is 79.2 Å². The van der Waals surface area contributed by atoms with E-state index in [9.17, 15) is 14.4 Å². The van der Waals surface area contributed by atoms with Gasteiger partial charge in [0.2, 0.25) is 17.7 Å². The van der Waals surface area contributed by atoms with Crippen molar-refractivity contribution in [3.8, 4) is 0 Å². The number of carbonyl (C=O) groups is 3. The van der Waals surface area contributed by atoms with Crippen LogP contribution in [0.2, 0.25) is 0 Å². The van der Waals surface area contributed by atoms with E-state index in [-0.39, 0.29) is 35.6 Å². The van der Waals surface area contributed by atoms with E-state index < -0.39 is 0 Å². The third-order valence-corrected chi connectivity index (χ3v) is 6.01.